The number of likely N-dealkylation sites (tertiary alicyclic amines) is 1. The highest BCUT2D eigenvalue weighted by atomic mass is 16.5. The summed E-state index contributed by atoms with van der Waals surface area (Å²) in [7, 11) is 0. The number of hydrogen-bond donors (Lipinski definition) is 2. The Morgan fingerprint density at radius 2 is 1.55 bits per heavy atom. The molecule has 0 aromatic heterocycles. The quantitative estimate of drug-likeness (QED) is 0.271. The van der Waals surface area contributed by atoms with E-state index in [0.717, 1.165) is 30.8 Å². The molecular weight excluding hydrogens is 528 g/mol. The monoisotopic (exact) mass is 570 g/mol. The smallest absolute Gasteiger partial charge is 0.345 e. The van der Waals surface area contributed by atoms with Gasteiger partial charge in [-0.3, -0.25) is 9.69 Å². The van der Waals surface area contributed by atoms with Crippen molar-refractivity contribution in [3.63, 3.8) is 0 Å². The van der Waals surface area contributed by atoms with Gasteiger partial charge in [0.1, 0.15) is 18.1 Å². The lowest BCUT2D eigenvalue weighted by Gasteiger charge is -2.20. The molecule has 1 amide bonds. The van der Waals surface area contributed by atoms with Crippen LogP contribution in [0.25, 0.3) is 0 Å². The molecule has 42 heavy (non-hydrogen) atoms. The van der Waals surface area contributed by atoms with Crippen molar-refractivity contribution >= 4 is 11.9 Å². The number of ether oxygens (including phenoxy) is 2. The van der Waals surface area contributed by atoms with Gasteiger partial charge >= 0.3 is 5.97 Å². The highest BCUT2D eigenvalue weighted by Crippen LogP contribution is 2.53. The van der Waals surface area contributed by atoms with E-state index >= 15 is 0 Å². The van der Waals surface area contributed by atoms with Crippen LogP contribution in [0.3, 0.4) is 0 Å². The summed E-state index contributed by atoms with van der Waals surface area (Å²) in [6.07, 6.45) is -0.165. The fraction of sp³-hybridized carbons (Fsp3) is 0.429. The molecule has 1 heterocycles. The molecule has 1 saturated heterocycles. The second-order valence-corrected chi connectivity index (χ2v) is 12.6. The van der Waals surface area contributed by atoms with Gasteiger partial charge in [0.15, 0.2) is 6.10 Å². The zero-order valence-corrected chi connectivity index (χ0v) is 24.8. The molecule has 2 fully saturated rings. The Labute approximate surface area is 248 Å². The summed E-state index contributed by atoms with van der Waals surface area (Å²) in [5.41, 5.74) is 3.36. The molecule has 1 saturated carbocycles. The fourth-order valence-corrected chi connectivity index (χ4v) is 5.97. The number of hydrogen-bond acceptors (Lipinski definition) is 5. The van der Waals surface area contributed by atoms with Crippen LogP contribution in [-0.4, -0.2) is 54.2 Å². The van der Waals surface area contributed by atoms with Crippen LogP contribution in [-0.2, 0) is 28.0 Å². The number of fused-ring (bicyclic) bond motifs is 1. The van der Waals surface area contributed by atoms with E-state index < -0.39 is 12.1 Å². The van der Waals surface area contributed by atoms with Crippen molar-refractivity contribution in [2.24, 2.45) is 17.8 Å². The number of rotatable bonds is 13. The predicted octanol–water partition coefficient (Wildman–Crippen LogP) is 5.32. The highest BCUT2D eigenvalue weighted by Gasteiger charge is 2.55. The lowest BCUT2D eigenvalue weighted by Crippen LogP contribution is -2.30. The standard InChI is InChI=1S/C35H42N2O5/c1-35(2,3)26-11-15-28(16-12-26)42-32(34(39)40)19-24-9-13-27(14-10-24)41-18-17-36-33(38)20-29-30-22-37(23-31(29)30)21-25-7-5-4-6-8-25/h4-16,29-32H,17-23H2,1-3H3,(H,36,38)(H,39,40)/t29?,30-,31?,32+/m1/s1. The lowest BCUT2D eigenvalue weighted by atomic mass is 9.87. The topological polar surface area (TPSA) is 88.1 Å². The largest absolute Gasteiger partial charge is 0.492 e. The summed E-state index contributed by atoms with van der Waals surface area (Å²) < 4.78 is 11.6. The van der Waals surface area contributed by atoms with E-state index in [1.807, 2.05) is 54.6 Å². The maximum Gasteiger partial charge on any atom is 0.345 e. The van der Waals surface area contributed by atoms with Gasteiger partial charge in [0.25, 0.3) is 0 Å². The summed E-state index contributed by atoms with van der Waals surface area (Å²) in [4.78, 5) is 26.8. The van der Waals surface area contributed by atoms with Gasteiger partial charge in [-0.25, -0.2) is 4.79 Å². The highest BCUT2D eigenvalue weighted by molar-refractivity contribution is 5.76. The summed E-state index contributed by atoms with van der Waals surface area (Å²) in [6.45, 7) is 10.4. The Balaban J connectivity index is 0.985. The first-order valence-electron chi connectivity index (χ1n) is 14.9. The maximum absolute atomic E-state index is 12.5. The minimum absolute atomic E-state index is 0.0159. The van der Waals surface area contributed by atoms with Gasteiger partial charge in [0.2, 0.25) is 5.91 Å². The van der Waals surface area contributed by atoms with Crippen LogP contribution in [0.2, 0.25) is 0 Å². The summed E-state index contributed by atoms with van der Waals surface area (Å²) >= 11 is 0. The van der Waals surface area contributed by atoms with Crippen molar-refractivity contribution < 1.29 is 24.2 Å². The van der Waals surface area contributed by atoms with Gasteiger partial charge in [0.05, 0.1) is 6.54 Å². The Hall–Kier alpha value is -3.84. The molecule has 1 aliphatic heterocycles. The number of amides is 1. The number of benzene rings is 3. The molecule has 1 aliphatic carbocycles. The molecule has 7 heteroatoms. The lowest BCUT2D eigenvalue weighted by molar-refractivity contribution is -0.145. The molecule has 4 atom stereocenters. The number of aliphatic carboxylic acids is 1. The molecule has 3 aromatic rings. The SMILES string of the molecule is CC(C)(C)c1ccc(O[C@@H](Cc2ccc(OCCNC(=O)CC3C4CN(Cc5ccccc5)C[C@H]34)cc2)C(=O)O)cc1. The Bertz CT molecular complexity index is 1320. The number of carboxylic acid groups (broad SMARTS) is 1. The van der Waals surface area contributed by atoms with E-state index in [2.05, 4.69) is 55.3 Å². The maximum atomic E-state index is 12.5. The van der Waals surface area contributed by atoms with Crippen molar-refractivity contribution in [3.8, 4) is 11.5 Å². The van der Waals surface area contributed by atoms with Crippen LogP contribution in [0, 0.1) is 17.8 Å². The molecule has 3 aromatic carbocycles. The molecule has 2 aliphatic rings. The summed E-state index contributed by atoms with van der Waals surface area (Å²) in [6, 6.07) is 25.5. The Morgan fingerprint density at radius 3 is 2.17 bits per heavy atom. The normalized spacial score (nSPS) is 20.4. The van der Waals surface area contributed by atoms with E-state index in [1.54, 1.807) is 0 Å². The van der Waals surface area contributed by atoms with Crippen molar-refractivity contribution in [1.29, 1.82) is 0 Å². The van der Waals surface area contributed by atoms with E-state index in [9.17, 15) is 14.7 Å². The van der Waals surface area contributed by atoms with Crippen molar-refractivity contribution in [2.75, 3.05) is 26.2 Å². The first-order chi connectivity index (χ1) is 20.2. The zero-order valence-electron chi connectivity index (χ0n) is 24.8. The molecule has 7 nitrogen and oxygen atoms in total. The Morgan fingerprint density at radius 1 is 0.905 bits per heavy atom. The molecule has 5 rings (SSSR count). The van der Waals surface area contributed by atoms with E-state index in [-0.39, 0.29) is 17.7 Å². The van der Waals surface area contributed by atoms with Gasteiger partial charge in [-0.15, -0.1) is 0 Å². The van der Waals surface area contributed by atoms with Gasteiger partial charge in [-0.2, -0.15) is 0 Å². The zero-order chi connectivity index (χ0) is 29.7. The number of nitrogens with zero attached hydrogens (tertiary/aromatic N) is 1. The van der Waals surface area contributed by atoms with E-state index in [0.29, 0.717) is 48.8 Å². The molecule has 222 valence electrons. The van der Waals surface area contributed by atoms with Gasteiger partial charge in [-0.05, 0) is 64.1 Å². The van der Waals surface area contributed by atoms with Crippen LogP contribution in [0.15, 0.2) is 78.9 Å². The number of nitrogens with one attached hydrogen (secondary N) is 1. The van der Waals surface area contributed by atoms with Crippen molar-refractivity contribution in [3.05, 3.63) is 95.6 Å². The predicted molar refractivity (Wildman–Crippen MR) is 163 cm³/mol. The number of carboxylic acids is 1. The fourth-order valence-electron chi connectivity index (χ4n) is 5.97. The first-order valence-corrected chi connectivity index (χ1v) is 14.9. The summed E-state index contributed by atoms with van der Waals surface area (Å²) in [5.74, 6) is 2.10. The van der Waals surface area contributed by atoms with Crippen molar-refractivity contribution in [1.82, 2.24) is 10.2 Å². The van der Waals surface area contributed by atoms with Crippen molar-refractivity contribution in [2.45, 2.75) is 51.7 Å². The van der Waals surface area contributed by atoms with Crippen LogP contribution in [0.5, 0.6) is 11.5 Å². The number of carbonyl (C=O) groups is 2. The molecule has 0 spiro atoms. The van der Waals surface area contributed by atoms with Gasteiger partial charge in [0, 0.05) is 32.5 Å². The average Bonchev–Trinajstić information content (AvgIpc) is 3.39. The molecule has 2 unspecified atom stereocenters. The van der Waals surface area contributed by atoms with Crippen LogP contribution < -0.4 is 14.8 Å². The Kier molecular flexibility index (Phi) is 9.17. The average molecular weight is 571 g/mol. The second kappa shape index (κ2) is 13.0. The van der Waals surface area contributed by atoms with Crippen LogP contribution >= 0.6 is 0 Å². The minimum Gasteiger partial charge on any atom is -0.492 e. The third kappa shape index (κ3) is 7.91. The van der Waals surface area contributed by atoms with Gasteiger partial charge in [-0.1, -0.05) is 75.4 Å². The van der Waals surface area contributed by atoms with Gasteiger partial charge < -0.3 is 19.9 Å². The third-order valence-corrected chi connectivity index (χ3v) is 8.43. The number of carbonyl (C=O) groups excluding carboxylic acids is 1. The van der Waals surface area contributed by atoms with Crippen LogP contribution in [0.1, 0.15) is 43.9 Å². The van der Waals surface area contributed by atoms with E-state index in [4.69, 9.17) is 9.47 Å². The molecule has 0 radical (unpaired) electrons. The minimum atomic E-state index is -1.01. The van der Waals surface area contributed by atoms with E-state index in [1.165, 1.54) is 5.56 Å². The second-order valence-electron chi connectivity index (χ2n) is 12.6. The third-order valence-electron chi connectivity index (χ3n) is 8.43. The van der Waals surface area contributed by atoms with Crippen LogP contribution in [0.4, 0.5) is 0 Å². The number of piperidine rings is 1. The molecular formula is C35H42N2O5. The molecule has 2 N–H and O–H groups in total. The summed E-state index contributed by atoms with van der Waals surface area (Å²) in [5, 5.41) is 12.7. The first kappa shape index (κ1) is 29.6. The molecule has 0 bridgehead atoms.